The van der Waals surface area contributed by atoms with Crippen LogP contribution in [0.5, 0.6) is 0 Å². The van der Waals surface area contributed by atoms with Gasteiger partial charge in [-0.25, -0.2) is 9.97 Å². The van der Waals surface area contributed by atoms with Crippen molar-refractivity contribution < 1.29 is 4.79 Å². The molecule has 1 aromatic carbocycles. The number of nitrogens with zero attached hydrogens (tertiary/aromatic N) is 2. The molecule has 0 aliphatic heterocycles. The molecule has 0 fully saturated rings. The minimum atomic E-state index is -0.255. The maximum Gasteiger partial charge on any atom is 0.271 e. The molecule has 2 rings (SSSR count). The Morgan fingerprint density at radius 1 is 1.21 bits per heavy atom. The summed E-state index contributed by atoms with van der Waals surface area (Å²) in [5.41, 5.74) is 2.60. The van der Waals surface area contributed by atoms with Gasteiger partial charge in [0.1, 0.15) is 10.8 Å². The van der Waals surface area contributed by atoms with Crippen molar-refractivity contribution >= 4 is 17.5 Å². The number of nitrogens with one attached hydrogen (secondary N) is 1. The third kappa shape index (κ3) is 3.51. The third-order valence-corrected chi connectivity index (χ3v) is 2.99. The van der Waals surface area contributed by atoms with Crippen LogP contribution in [0.3, 0.4) is 0 Å². The van der Waals surface area contributed by atoms with E-state index in [4.69, 9.17) is 11.6 Å². The average molecular weight is 276 g/mol. The lowest BCUT2D eigenvalue weighted by Gasteiger charge is -2.08. The van der Waals surface area contributed by atoms with Crippen LogP contribution in [0.4, 0.5) is 0 Å². The molecule has 0 saturated heterocycles. The van der Waals surface area contributed by atoms with E-state index in [1.165, 1.54) is 18.0 Å². The van der Waals surface area contributed by atoms with Crippen LogP contribution in [-0.2, 0) is 13.0 Å². The van der Waals surface area contributed by atoms with E-state index in [0.717, 1.165) is 12.0 Å². The summed E-state index contributed by atoms with van der Waals surface area (Å²) >= 11 is 5.62. The molecule has 0 unspecified atom stereocenters. The molecule has 0 aliphatic rings. The number of rotatable bonds is 4. The second-order valence-electron chi connectivity index (χ2n) is 4.03. The second-order valence-corrected chi connectivity index (χ2v) is 4.42. The van der Waals surface area contributed by atoms with Crippen molar-refractivity contribution in [3.63, 3.8) is 0 Å². The van der Waals surface area contributed by atoms with Crippen LogP contribution in [0.2, 0.25) is 5.15 Å². The first-order chi connectivity index (χ1) is 9.20. The highest BCUT2D eigenvalue weighted by molar-refractivity contribution is 6.29. The number of benzene rings is 1. The molecule has 19 heavy (non-hydrogen) atoms. The smallest absolute Gasteiger partial charge is 0.271 e. The molecule has 0 atom stereocenters. The van der Waals surface area contributed by atoms with Crippen molar-refractivity contribution in [3.05, 3.63) is 58.6 Å². The molecule has 0 spiro atoms. The minimum absolute atomic E-state index is 0.255. The first-order valence-corrected chi connectivity index (χ1v) is 6.41. The van der Waals surface area contributed by atoms with Crippen molar-refractivity contribution in [2.45, 2.75) is 19.9 Å². The highest BCUT2D eigenvalue weighted by atomic mass is 35.5. The van der Waals surface area contributed by atoms with Crippen LogP contribution in [0.25, 0.3) is 0 Å². The molecular weight excluding hydrogens is 262 g/mol. The van der Waals surface area contributed by atoms with Gasteiger partial charge in [-0.2, -0.15) is 0 Å². The molecule has 0 saturated carbocycles. The van der Waals surface area contributed by atoms with Crippen LogP contribution in [0, 0.1) is 0 Å². The van der Waals surface area contributed by atoms with Crippen LogP contribution >= 0.6 is 11.6 Å². The predicted octanol–water partition coefficient (Wildman–Crippen LogP) is 2.62. The average Bonchev–Trinajstić information content (AvgIpc) is 2.45. The minimum Gasteiger partial charge on any atom is -0.347 e. The van der Waals surface area contributed by atoms with Crippen molar-refractivity contribution in [1.29, 1.82) is 0 Å². The van der Waals surface area contributed by atoms with Gasteiger partial charge in [0.2, 0.25) is 0 Å². The van der Waals surface area contributed by atoms with Gasteiger partial charge in [0.25, 0.3) is 5.91 Å². The van der Waals surface area contributed by atoms with Crippen molar-refractivity contribution in [3.8, 4) is 0 Å². The van der Waals surface area contributed by atoms with E-state index < -0.39 is 0 Å². The Balaban J connectivity index is 2.02. The summed E-state index contributed by atoms with van der Waals surface area (Å²) in [4.78, 5) is 19.6. The fraction of sp³-hybridized carbons (Fsp3) is 0.214. The standard InChI is InChI=1S/C14H14ClN3O/c1-2-10-5-3-4-6-11(10)7-18-14(19)12-8-17-13(15)9-16-12/h3-6,8-9H,2,7H2,1H3,(H,18,19). The topological polar surface area (TPSA) is 54.9 Å². The number of amides is 1. The molecule has 1 heterocycles. The summed E-state index contributed by atoms with van der Waals surface area (Å²) in [6.07, 6.45) is 3.66. The summed E-state index contributed by atoms with van der Waals surface area (Å²) in [5.74, 6) is -0.255. The zero-order valence-electron chi connectivity index (χ0n) is 10.6. The van der Waals surface area contributed by atoms with Gasteiger partial charge in [0.05, 0.1) is 12.4 Å². The largest absolute Gasteiger partial charge is 0.347 e. The first-order valence-electron chi connectivity index (χ1n) is 6.03. The molecule has 0 bridgehead atoms. The maximum atomic E-state index is 11.9. The Morgan fingerprint density at radius 2 is 1.95 bits per heavy atom. The van der Waals surface area contributed by atoms with E-state index >= 15 is 0 Å². The highest BCUT2D eigenvalue weighted by Crippen LogP contribution is 2.09. The fourth-order valence-electron chi connectivity index (χ4n) is 1.77. The third-order valence-electron chi connectivity index (χ3n) is 2.79. The van der Waals surface area contributed by atoms with Gasteiger partial charge >= 0.3 is 0 Å². The molecule has 0 aliphatic carbocycles. The number of hydrogen-bond donors (Lipinski definition) is 1. The predicted molar refractivity (Wildman–Crippen MR) is 74.0 cm³/mol. The molecular formula is C14H14ClN3O. The Bertz CT molecular complexity index is 569. The first kappa shape index (κ1) is 13.5. The number of halogens is 1. The normalized spacial score (nSPS) is 10.2. The molecule has 4 nitrogen and oxygen atoms in total. The van der Waals surface area contributed by atoms with E-state index in [-0.39, 0.29) is 16.8 Å². The van der Waals surface area contributed by atoms with Crippen molar-refractivity contribution in [2.24, 2.45) is 0 Å². The lowest BCUT2D eigenvalue weighted by molar-refractivity contribution is 0.0945. The summed E-state index contributed by atoms with van der Waals surface area (Å²) in [6, 6.07) is 8.02. The van der Waals surface area contributed by atoms with E-state index in [1.807, 2.05) is 18.2 Å². The molecule has 1 amide bonds. The molecule has 0 radical (unpaired) electrons. The Labute approximate surface area is 116 Å². The molecule has 1 N–H and O–H groups in total. The van der Waals surface area contributed by atoms with E-state index in [1.54, 1.807) is 0 Å². The number of aromatic nitrogens is 2. The van der Waals surface area contributed by atoms with Gasteiger partial charge in [0.15, 0.2) is 0 Å². The number of carbonyl (C=O) groups excluding carboxylic acids is 1. The van der Waals surface area contributed by atoms with E-state index in [9.17, 15) is 4.79 Å². The highest BCUT2D eigenvalue weighted by Gasteiger charge is 2.08. The summed E-state index contributed by atoms with van der Waals surface area (Å²) in [7, 11) is 0. The van der Waals surface area contributed by atoms with Gasteiger partial charge in [-0.1, -0.05) is 42.8 Å². The van der Waals surface area contributed by atoms with Crippen molar-refractivity contribution in [1.82, 2.24) is 15.3 Å². The SMILES string of the molecule is CCc1ccccc1CNC(=O)c1cnc(Cl)cn1. The fourth-order valence-corrected chi connectivity index (χ4v) is 1.87. The molecule has 2 aromatic rings. The van der Waals surface area contributed by atoms with Gasteiger partial charge in [0, 0.05) is 6.54 Å². The van der Waals surface area contributed by atoms with Crippen molar-refractivity contribution in [2.75, 3.05) is 0 Å². The Kier molecular flexibility index (Phi) is 4.47. The quantitative estimate of drug-likeness (QED) is 0.933. The number of aryl methyl sites for hydroxylation is 1. The second kappa shape index (κ2) is 6.29. The lowest BCUT2D eigenvalue weighted by Crippen LogP contribution is -2.24. The maximum absolute atomic E-state index is 11.9. The molecule has 1 aromatic heterocycles. The summed E-state index contributed by atoms with van der Waals surface area (Å²) in [6.45, 7) is 2.57. The van der Waals surface area contributed by atoms with Gasteiger partial charge < -0.3 is 5.32 Å². The van der Waals surface area contributed by atoms with Crippen LogP contribution in [-0.4, -0.2) is 15.9 Å². The monoisotopic (exact) mass is 275 g/mol. The van der Waals surface area contributed by atoms with Crippen LogP contribution in [0.1, 0.15) is 28.5 Å². The van der Waals surface area contributed by atoms with Gasteiger partial charge in [-0.3, -0.25) is 4.79 Å². The molecule has 98 valence electrons. The summed E-state index contributed by atoms with van der Waals surface area (Å²) < 4.78 is 0. The van der Waals surface area contributed by atoms with Gasteiger partial charge in [-0.05, 0) is 17.5 Å². The lowest BCUT2D eigenvalue weighted by atomic mass is 10.1. The molecule has 5 heteroatoms. The number of hydrogen-bond acceptors (Lipinski definition) is 3. The number of carbonyl (C=O) groups is 1. The van der Waals surface area contributed by atoms with E-state index in [0.29, 0.717) is 6.54 Å². The van der Waals surface area contributed by atoms with Gasteiger partial charge in [-0.15, -0.1) is 0 Å². The van der Waals surface area contributed by atoms with Crippen LogP contribution in [0.15, 0.2) is 36.7 Å². The Morgan fingerprint density at radius 3 is 2.58 bits per heavy atom. The zero-order valence-corrected chi connectivity index (χ0v) is 11.3. The Hall–Kier alpha value is -1.94. The van der Waals surface area contributed by atoms with Crippen LogP contribution < -0.4 is 5.32 Å². The van der Waals surface area contributed by atoms with E-state index in [2.05, 4.69) is 28.3 Å². The summed E-state index contributed by atoms with van der Waals surface area (Å²) in [5, 5.41) is 3.10. The zero-order chi connectivity index (χ0) is 13.7.